The predicted octanol–water partition coefficient (Wildman–Crippen LogP) is 2.85. The van der Waals surface area contributed by atoms with Crippen molar-refractivity contribution in [3.63, 3.8) is 0 Å². The number of aromatic nitrogens is 1. The van der Waals surface area contributed by atoms with Crippen LogP contribution in [0.4, 0.5) is 13.6 Å². The van der Waals surface area contributed by atoms with Crippen LogP contribution < -0.4 is 0 Å². The Morgan fingerprint density at radius 3 is 2.57 bits per heavy atom. The maximum absolute atomic E-state index is 13.8. The van der Waals surface area contributed by atoms with Crippen LogP contribution in [0.15, 0.2) is 28.8 Å². The summed E-state index contributed by atoms with van der Waals surface area (Å²) in [6.45, 7) is 3.80. The Kier molecular flexibility index (Phi) is 6.23. The van der Waals surface area contributed by atoms with Crippen molar-refractivity contribution in [2.75, 3.05) is 32.8 Å². The van der Waals surface area contributed by atoms with Gasteiger partial charge in [0.1, 0.15) is 11.6 Å². The Labute approximate surface area is 160 Å². The average Bonchev–Trinajstić information content (AvgIpc) is 3.15. The van der Waals surface area contributed by atoms with Crippen LogP contribution in [0.25, 0.3) is 11.3 Å². The summed E-state index contributed by atoms with van der Waals surface area (Å²) in [7, 11) is 0. The molecule has 3 rings (SSSR count). The van der Waals surface area contributed by atoms with E-state index in [9.17, 15) is 18.4 Å². The van der Waals surface area contributed by atoms with Gasteiger partial charge in [-0.3, -0.25) is 4.79 Å². The highest BCUT2D eigenvalue weighted by molar-refractivity contribution is 5.77. The van der Waals surface area contributed by atoms with Crippen LogP contribution in [0.2, 0.25) is 0 Å². The highest BCUT2D eigenvalue weighted by atomic mass is 19.1. The van der Waals surface area contributed by atoms with Gasteiger partial charge in [-0.05, 0) is 19.1 Å². The summed E-state index contributed by atoms with van der Waals surface area (Å²) < 4.78 is 37.3. The van der Waals surface area contributed by atoms with Gasteiger partial charge in [0.05, 0.1) is 18.4 Å². The number of nitrogens with zero attached hydrogens (tertiary/aromatic N) is 3. The van der Waals surface area contributed by atoms with Crippen LogP contribution in [-0.2, 0) is 16.0 Å². The van der Waals surface area contributed by atoms with Gasteiger partial charge in [0.15, 0.2) is 11.7 Å². The number of ether oxygens (including phenoxy) is 1. The zero-order valence-electron chi connectivity index (χ0n) is 15.5. The van der Waals surface area contributed by atoms with E-state index >= 15 is 0 Å². The molecule has 0 aliphatic carbocycles. The number of benzene rings is 1. The van der Waals surface area contributed by atoms with E-state index in [1.807, 2.05) is 0 Å². The summed E-state index contributed by atoms with van der Waals surface area (Å²) in [6, 6.07) is 3.19. The first-order valence-electron chi connectivity index (χ1n) is 9.07. The quantitative estimate of drug-likeness (QED) is 0.781. The van der Waals surface area contributed by atoms with Crippen molar-refractivity contribution < 1.29 is 27.5 Å². The van der Waals surface area contributed by atoms with E-state index in [0.717, 1.165) is 12.1 Å². The Morgan fingerprint density at radius 2 is 1.89 bits per heavy atom. The van der Waals surface area contributed by atoms with Gasteiger partial charge in [-0.2, -0.15) is 0 Å². The molecule has 28 heavy (non-hydrogen) atoms. The van der Waals surface area contributed by atoms with Gasteiger partial charge < -0.3 is 19.0 Å². The molecule has 0 spiro atoms. The molecule has 2 amide bonds. The third-order valence-electron chi connectivity index (χ3n) is 4.46. The lowest BCUT2D eigenvalue weighted by atomic mass is 10.2. The SMILES string of the molecule is CCOC(=O)N1CCN(C(=O)CCc2ncc(-c3ccc(F)cc3F)o2)CC1. The number of halogens is 2. The van der Waals surface area contributed by atoms with Crippen molar-refractivity contribution in [1.82, 2.24) is 14.8 Å². The van der Waals surface area contributed by atoms with Gasteiger partial charge in [-0.25, -0.2) is 18.6 Å². The molecule has 1 saturated heterocycles. The van der Waals surface area contributed by atoms with Crippen molar-refractivity contribution in [1.29, 1.82) is 0 Å². The van der Waals surface area contributed by atoms with Gasteiger partial charge >= 0.3 is 6.09 Å². The number of carbonyl (C=O) groups is 2. The number of aryl methyl sites for hydroxylation is 1. The van der Waals surface area contributed by atoms with E-state index < -0.39 is 11.6 Å². The van der Waals surface area contributed by atoms with Gasteiger partial charge in [0.25, 0.3) is 0 Å². The van der Waals surface area contributed by atoms with E-state index in [2.05, 4.69) is 4.98 Å². The standard InChI is InChI=1S/C19H21F2N3O4/c1-2-27-19(26)24-9-7-23(8-10-24)18(25)6-5-17-22-12-16(28-17)14-4-3-13(20)11-15(14)21/h3-4,11-12H,2,5-10H2,1H3. The van der Waals surface area contributed by atoms with Gasteiger partial charge in [0, 0.05) is 45.1 Å². The van der Waals surface area contributed by atoms with E-state index in [-0.39, 0.29) is 36.2 Å². The van der Waals surface area contributed by atoms with Crippen molar-refractivity contribution >= 4 is 12.0 Å². The molecule has 7 nitrogen and oxygen atoms in total. The number of hydrogen-bond acceptors (Lipinski definition) is 5. The summed E-state index contributed by atoms with van der Waals surface area (Å²) in [6.07, 6.45) is 1.44. The maximum atomic E-state index is 13.8. The Hall–Kier alpha value is -2.97. The first kappa shape index (κ1) is 19.8. The molecular weight excluding hydrogens is 372 g/mol. The Morgan fingerprint density at radius 1 is 1.18 bits per heavy atom. The second kappa shape index (κ2) is 8.81. The molecule has 0 unspecified atom stereocenters. The molecular formula is C19H21F2N3O4. The van der Waals surface area contributed by atoms with Gasteiger partial charge in [-0.15, -0.1) is 0 Å². The molecule has 150 valence electrons. The van der Waals surface area contributed by atoms with Gasteiger partial charge in [0.2, 0.25) is 5.91 Å². The average molecular weight is 393 g/mol. The molecule has 1 aliphatic heterocycles. The highest BCUT2D eigenvalue weighted by Gasteiger charge is 2.25. The van der Waals surface area contributed by atoms with Crippen LogP contribution in [0.5, 0.6) is 0 Å². The summed E-state index contributed by atoms with van der Waals surface area (Å²) >= 11 is 0. The Balaban J connectivity index is 1.50. The molecule has 9 heteroatoms. The second-order valence-electron chi connectivity index (χ2n) is 6.31. The smallest absolute Gasteiger partial charge is 0.409 e. The van der Waals surface area contributed by atoms with Crippen molar-refractivity contribution in [2.45, 2.75) is 19.8 Å². The van der Waals surface area contributed by atoms with Crippen LogP contribution in [0.1, 0.15) is 19.2 Å². The molecule has 1 fully saturated rings. The fourth-order valence-electron chi connectivity index (χ4n) is 2.96. The van der Waals surface area contributed by atoms with E-state index in [0.29, 0.717) is 38.7 Å². The monoisotopic (exact) mass is 393 g/mol. The summed E-state index contributed by atoms with van der Waals surface area (Å²) in [4.78, 5) is 31.4. The minimum atomic E-state index is -0.738. The van der Waals surface area contributed by atoms with Crippen LogP contribution >= 0.6 is 0 Å². The number of carbonyl (C=O) groups excluding carboxylic acids is 2. The first-order valence-corrected chi connectivity index (χ1v) is 9.07. The van der Waals surface area contributed by atoms with E-state index in [1.54, 1.807) is 16.7 Å². The number of oxazole rings is 1. The van der Waals surface area contributed by atoms with Crippen LogP contribution in [0, 0.1) is 11.6 Å². The minimum absolute atomic E-state index is 0.0729. The third kappa shape index (κ3) is 4.65. The molecule has 1 aromatic heterocycles. The van der Waals surface area contributed by atoms with E-state index in [4.69, 9.17) is 9.15 Å². The number of amides is 2. The highest BCUT2D eigenvalue weighted by Crippen LogP contribution is 2.24. The molecule has 0 radical (unpaired) electrons. The molecule has 1 aliphatic rings. The lowest BCUT2D eigenvalue weighted by molar-refractivity contribution is -0.132. The van der Waals surface area contributed by atoms with E-state index in [1.165, 1.54) is 12.3 Å². The third-order valence-corrected chi connectivity index (χ3v) is 4.46. The normalized spacial score (nSPS) is 14.2. The lowest BCUT2D eigenvalue weighted by Gasteiger charge is -2.34. The summed E-state index contributed by atoms with van der Waals surface area (Å²) in [5, 5.41) is 0. The topological polar surface area (TPSA) is 75.9 Å². The van der Waals surface area contributed by atoms with Crippen molar-refractivity contribution in [3.8, 4) is 11.3 Å². The molecule has 0 saturated carbocycles. The maximum Gasteiger partial charge on any atom is 0.409 e. The zero-order valence-corrected chi connectivity index (χ0v) is 15.5. The van der Waals surface area contributed by atoms with Crippen LogP contribution in [-0.4, -0.2) is 59.6 Å². The number of rotatable bonds is 5. The molecule has 2 heterocycles. The molecule has 1 aromatic carbocycles. The fraction of sp³-hybridized carbons (Fsp3) is 0.421. The summed E-state index contributed by atoms with van der Waals surface area (Å²) in [5.41, 5.74) is 0.113. The molecule has 0 atom stereocenters. The lowest BCUT2D eigenvalue weighted by Crippen LogP contribution is -2.50. The molecule has 0 N–H and O–H groups in total. The predicted molar refractivity (Wildman–Crippen MR) is 95.4 cm³/mol. The zero-order chi connectivity index (χ0) is 20.1. The van der Waals surface area contributed by atoms with Crippen molar-refractivity contribution in [3.05, 3.63) is 41.9 Å². The fourth-order valence-corrected chi connectivity index (χ4v) is 2.96. The molecule has 0 bridgehead atoms. The van der Waals surface area contributed by atoms with Crippen molar-refractivity contribution in [2.24, 2.45) is 0 Å². The number of hydrogen-bond donors (Lipinski definition) is 0. The second-order valence-corrected chi connectivity index (χ2v) is 6.31. The molecule has 2 aromatic rings. The van der Waals surface area contributed by atoms with Crippen LogP contribution in [0.3, 0.4) is 0 Å². The summed E-state index contributed by atoms with van der Waals surface area (Å²) in [5.74, 6) is -0.996. The van der Waals surface area contributed by atoms with Gasteiger partial charge in [-0.1, -0.05) is 0 Å². The number of piperazine rings is 1. The minimum Gasteiger partial charge on any atom is -0.450 e. The largest absolute Gasteiger partial charge is 0.450 e. The first-order chi connectivity index (χ1) is 13.5. The Bertz CT molecular complexity index is 847.